The number of piperazine rings is 1. The van der Waals surface area contributed by atoms with Gasteiger partial charge in [-0.1, -0.05) is 0 Å². The van der Waals surface area contributed by atoms with Crippen LogP contribution < -0.4 is 10.2 Å². The third kappa shape index (κ3) is 1.88. The number of thioether (sulfide) groups is 1. The molecule has 0 saturated carbocycles. The highest BCUT2D eigenvalue weighted by Crippen LogP contribution is 2.37. The molecule has 4 heterocycles. The van der Waals surface area contributed by atoms with Gasteiger partial charge in [-0.3, -0.25) is 0 Å². The molecule has 0 amide bonds. The van der Waals surface area contributed by atoms with E-state index in [0.717, 1.165) is 38.4 Å². The lowest BCUT2D eigenvalue weighted by Crippen LogP contribution is -2.44. The van der Waals surface area contributed by atoms with Gasteiger partial charge in [0.1, 0.15) is 12.1 Å². The fraction of sp³-hybridized carbons (Fsp3) is 0.583. The summed E-state index contributed by atoms with van der Waals surface area (Å²) in [6.07, 6.45) is 3.87. The van der Waals surface area contributed by atoms with Crippen molar-refractivity contribution in [3.05, 3.63) is 12.0 Å². The number of nitrogens with zero attached hydrogens (tertiary/aromatic N) is 5. The molecule has 2 aromatic rings. The van der Waals surface area contributed by atoms with Crippen LogP contribution in [0.15, 0.2) is 11.2 Å². The number of anilines is 1. The van der Waals surface area contributed by atoms with Crippen molar-refractivity contribution in [2.75, 3.05) is 36.8 Å². The van der Waals surface area contributed by atoms with Crippen molar-refractivity contribution < 1.29 is 0 Å². The largest absolute Gasteiger partial charge is 0.353 e. The van der Waals surface area contributed by atoms with Crippen molar-refractivity contribution in [1.82, 2.24) is 24.9 Å². The minimum absolute atomic E-state index is 0.731. The first kappa shape index (κ1) is 11.5. The summed E-state index contributed by atoms with van der Waals surface area (Å²) < 4.78 is 1.91. The first-order valence-electron chi connectivity index (χ1n) is 6.74. The zero-order valence-electron chi connectivity index (χ0n) is 10.7. The monoisotopic (exact) mass is 276 g/mol. The molecule has 1 saturated heterocycles. The summed E-state index contributed by atoms with van der Waals surface area (Å²) in [7, 11) is 0. The number of hydrogen-bond donors (Lipinski definition) is 1. The molecular weight excluding hydrogens is 260 g/mol. The highest BCUT2D eigenvalue weighted by molar-refractivity contribution is 7.99. The summed E-state index contributed by atoms with van der Waals surface area (Å²) in [5, 5.41) is 7.77. The lowest BCUT2D eigenvalue weighted by atomic mass is 10.2. The standard InChI is InChI=1S/C12H16N6S/c1-2-9-10(19-7-1)11(17-5-3-13-4-6-17)18-12(16-9)14-8-15-18/h8,13H,1-7H2. The van der Waals surface area contributed by atoms with Crippen LogP contribution in [0.5, 0.6) is 0 Å². The Balaban J connectivity index is 1.91. The van der Waals surface area contributed by atoms with Crippen molar-refractivity contribution >= 4 is 23.4 Å². The number of hydrogen-bond acceptors (Lipinski definition) is 6. The van der Waals surface area contributed by atoms with E-state index in [-0.39, 0.29) is 0 Å². The maximum Gasteiger partial charge on any atom is 0.254 e. The zero-order chi connectivity index (χ0) is 12.7. The Morgan fingerprint density at radius 1 is 1.26 bits per heavy atom. The normalized spacial score (nSPS) is 19.7. The van der Waals surface area contributed by atoms with Crippen molar-refractivity contribution in [2.24, 2.45) is 0 Å². The number of rotatable bonds is 1. The fourth-order valence-electron chi connectivity index (χ4n) is 2.74. The molecule has 2 aliphatic rings. The molecule has 2 aromatic heterocycles. The van der Waals surface area contributed by atoms with Gasteiger partial charge in [-0.15, -0.1) is 11.8 Å². The molecule has 0 spiro atoms. The maximum atomic E-state index is 4.66. The summed E-state index contributed by atoms with van der Waals surface area (Å²) in [4.78, 5) is 12.7. The molecule has 6 nitrogen and oxygen atoms in total. The Hall–Kier alpha value is -1.34. The van der Waals surface area contributed by atoms with Gasteiger partial charge in [-0.05, 0) is 18.6 Å². The molecule has 1 N–H and O–H groups in total. The van der Waals surface area contributed by atoms with Gasteiger partial charge in [-0.25, -0.2) is 4.98 Å². The summed E-state index contributed by atoms with van der Waals surface area (Å²) >= 11 is 1.91. The molecule has 0 aliphatic carbocycles. The van der Waals surface area contributed by atoms with Crippen LogP contribution >= 0.6 is 11.8 Å². The number of fused-ring (bicyclic) bond motifs is 2. The Labute approximate surface area is 115 Å². The average Bonchev–Trinajstić information content (AvgIpc) is 2.93. The number of aromatic nitrogens is 4. The second-order valence-corrected chi connectivity index (χ2v) is 5.98. The van der Waals surface area contributed by atoms with Crippen LogP contribution in [0.3, 0.4) is 0 Å². The van der Waals surface area contributed by atoms with E-state index >= 15 is 0 Å². The van der Waals surface area contributed by atoms with Crippen molar-refractivity contribution in [1.29, 1.82) is 0 Å². The van der Waals surface area contributed by atoms with Gasteiger partial charge in [0.25, 0.3) is 5.78 Å². The summed E-state index contributed by atoms with van der Waals surface area (Å²) in [5.74, 6) is 3.10. The first-order valence-corrected chi connectivity index (χ1v) is 7.73. The van der Waals surface area contributed by atoms with E-state index in [0.29, 0.717) is 0 Å². The molecule has 0 atom stereocenters. The Morgan fingerprint density at radius 3 is 3.05 bits per heavy atom. The van der Waals surface area contributed by atoms with Gasteiger partial charge in [0.2, 0.25) is 0 Å². The van der Waals surface area contributed by atoms with Gasteiger partial charge in [-0.2, -0.15) is 14.6 Å². The van der Waals surface area contributed by atoms with E-state index in [1.807, 2.05) is 16.3 Å². The molecule has 0 radical (unpaired) electrons. The minimum Gasteiger partial charge on any atom is -0.353 e. The average molecular weight is 276 g/mol. The lowest BCUT2D eigenvalue weighted by molar-refractivity contribution is 0.574. The van der Waals surface area contributed by atoms with Crippen LogP contribution in [0.2, 0.25) is 0 Å². The van der Waals surface area contributed by atoms with E-state index in [9.17, 15) is 0 Å². The highest BCUT2D eigenvalue weighted by atomic mass is 32.2. The molecule has 0 unspecified atom stereocenters. The van der Waals surface area contributed by atoms with Crippen LogP contribution in [0.1, 0.15) is 12.1 Å². The fourth-order valence-corrected chi connectivity index (χ4v) is 3.89. The summed E-state index contributed by atoms with van der Waals surface area (Å²) in [5.41, 5.74) is 1.20. The van der Waals surface area contributed by atoms with E-state index < -0.39 is 0 Å². The van der Waals surface area contributed by atoms with Crippen LogP contribution in [0, 0.1) is 0 Å². The Bertz CT molecular complexity index is 604. The minimum atomic E-state index is 0.731. The Kier molecular flexibility index (Phi) is 2.81. The van der Waals surface area contributed by atoms with Crippen LogP contribution in [0.25, 0.3) is 5.78 Å². The molecule has 4 rings (SSSR count). The van der Waals surface area contributed by atoms with Gasteiger partial charge >= 0.3 is 0 Å². The Morgan fingerprint density at radius 2 is 2.16 bits per heavy atom. The molecular formula is C12H16N6S. The quantitative estimate of drug-likeness (QED) is 0.822. The molecule has 19 heavy (non-hydrogen) atoms. The van der Waals surface area contributed by atoms with E-state index in [1.165, 1.54) is 28.6 Å². The van der Waals surface area contributed by atoms with Crippen molar-refractivity contribution in [3.8, 4) is 0 Å². The molecule has 100 valence electrons. The zero-order valence-corrected chi connectivity index (χ0v) is 11.5. The predicted molar refractivity (Wildman–Crippen MR) is 74.9 cm³/mol. The van der Waals surface area contributed by atoms with E-state index in [4.69, 9.17) is 0 Å². The molecule has 0 aromatic carbocycles. The lowest BCUT2D eigenvalue weighted by Gasteiger charge is -2.32. The number of aryl methyl sites for hydroxylation is 1. The van der Waals surface area contributed by atoms with E-state index in [2.05, 4.69) is 25.3 Å². The molecule has 0 bridgehead atoms. The topological polar surface area (TPSA) is 58.4 Å². The van der Waals surface area contributed by atoms with Crippen molar-refractivity contribution in [3.63, 3.8) is 0 Å². The van der Waals surface area contributed by atoms with E-state index in [1.54, 1.807) is 6.33 Å². The predicted octanol–water partition coefficient (Wildman–Crippen LogP) is 0.572. The molecule has 7 heteroatoms. The molecule has 1 fully saturated rings. The summed E-state index contributed by atoms with van der Waals surface area (Å²) in [6.45, 7) is 4.09. The smallest absolute Gasteiger partial charge is 0.254 e. The van der Waals surface area contributed by atoms with Gasteiger partial charge < -0.3 is 10.2 Å². The first-order chi connectivity index (χ1) is 9.43. The molecule has 2 aliphatic heterocycles. The van der Waals surface area contributed by atoms with Crippen LogP contribution in [0.4, 0.5) is 5.82 Å². The third-order valence-corrected chi connectivity index (χ3v) is 4.85. The number of nitrogens with one attached hydrogen (secondary N) is 1. The van der Waals surface area contributed by atoms with Gasteiger partial charge in [0.15, 0.2) is 0 Å². The van der Waals surface area contributed by atoms with Gasteiger partial charge in [0, 0.05) is 26.2 Å². The second kappa shape index (κ2) is 4.64. The van der Waals surface area contributed by atoms with Crippen molar-refractivity contribution in [2.45, 2.75) is 17.7 Å². The third-order valence-electron chi connectivity index (χ3n) is 3.65. The summed E-state index contributed by atoms with van der Waals surface area (Å²) in [6, 6.07) is 0. The maximum absolute atomic E-state index is 4.66. The second-order valence-electron chi connectivity index (χ2n) is 4.87. The SMILES string of the molecule is c1nc2nc3c(c(N4CCNCC4)n2n1)SCCC3. The van der Waals surface area contributed by atoms with Gasteiger partial charge in [0.05, 0.1) is 10.6 Å². The highest BCUT2D eigenvalue weighted by Gasteiger charge is 2.24. The van der Waals surface area contributed by atoms with Crippen LogP contribution in [-0.2, 0) is 6.42 Å². The van der Waals surface area contributed by atoms with Crippen LogP contribution in [-0.4, -0.2) is 51.5 Å².